The third-order valence-corrected chi connectivity index (χ3v) is 4.17. The smallest absolute Gasteiger partial charge is 0.209 e. The largest absolute Gasteiger partial charge is 0.316 e. The van der Waals surface area contributed by atoms with Gasteiger partial charge in [-0.05, 0) is 34.8 Å². The molecular weight excluding hydrogens is 254 g/mol. The zero-order valence-electron chi connectivity index (χ0n) is 9.67. The van der Waals surface area contributed by atoms with Crippen LogP contribution in [0.3, 0.4) is 0 Å². The summed E-state index contributed by atoms with van der Waals surface area (Å²) in [7, 11) is 1.85. The van der Waals surface area contributed by atoms with E-state index in [9.17, 15) is 0 Å². The fourth-order valence-corrected chi connectivity index (χ4v) is 2.80. The highest BCUT2D eigenvalue weighted by atomic mass is 32.2. The quantitative estimate of drug-likeness (QED) is 0.604. The lowest BCUT2D eigenvalue weighted by atomic mass is 10.3. The second kappa shape index (κ2) is 6.73. The van der Waals surface area contributed by atoms with Gasteiger partial charge >= 0.3 is 0 Å². The van der Waals surface area contributed by atoms with Crippen molar-refractivity contribution in [1.29, 1.82) is 0 Å². The highest BCUT2D eigenvalue weighted by molar-refractivity contribution is 7.99. The molecule has 0 bridgehead atoms. The summed E-state index contributed by atoms with van der Waals surface area (Å²) in [5.41, 5.74) is 0. The first-order valence-electron chi connectivity index (χ1n) is 5.44. The van der Waals surface area contributed by atoms with Gasteiger partial charge in [-0.1, -0.05) is 17.8 Å². The number of aryl methyl sites for hydroxylation is 1. The number of hydrogen-bond acceptors (Lipinski definition) is 6. The van der Waals surface area contributed by atoms with Gasteiger partial charge in [-0.25, -0.2) is 4.68 Å². The Morgan fingerprint density at radius 1 is 1.47 bits per heavy atom. The SMILES string of the molecule is Cn1nnnc1SCCNCCc1cccs1. The zero-order valence-corrected chi connectivity index (χ0v) is 11.3. The predicted molar refractivity (Wildman–Crippen MR) is 70.4 cm³/mol. The molecule has 0 saturated carbocycles. The van der Waals surface area contributed by atoms with Crippen molar-refractivity contribution in [3.8, 4) is 0 Å². The Hall–Kier alpha value is -0.920. The van der Waals surface area contributed by atoms with Gasteiger partial charge in [0.25, 0.3) is 0 Å². The van der Waals surface area contributed by atoms with Crippen LogP contribution in [0.5, 0.6) is 0 Å². The lowest BCUT2D eigenvalue weighted by Gasteiger charge is -2.02. The molecule has 0 aliphatic heterocycles. The summed E-state index contributed by atoms with van der Waals surface area (Å²) in [5, 5.41) is 17.7. The van der Waals surface area contributed by atoms with Crippen molar-refractivity contribution in [3.05, 3.63) is 22.4 Å². The first kappa shape index (κ1) is 12.5. The molecule has 0 spiro atoms. The molecule has 0 atom stereocenters. The van der Waals surface area contributed by atoms with Gasteiger partial charge in [0.15, 0.2) is 0 Å². The fourth-order valence-electron chi connectivity index (χ4n) is 1.35. The van der Waals surface area contributed by atoms with Crippen LogP contribution in [-0.2, 0) is 13.5 Å². The predicted octanol–water partition coefficient (Wildman–Crippen LogP) is 1.20. The molecule has 0 unspecified atom stereocenters. The number of nitrogens with one attached hydrogen (secondary N) is 1. The third kappa shape index (κ3) is 4.10. The van der Waals surface area contributed by atoms with E-state index in [1.54, 1.807) is 16.4 Å². The second-order valence-electron chi connectivity index (χ2n) is 3.51. The number of tetrazole rings is 1. The minimum atomic E-state index is 0.866. The van der Waals surface area contributed by atoms with Crippen LogP contribution in [0.25, 0.3) is 0 Å². The number of thiophene rings is 1. The Morgan fingerprint density at radius 3 is 3.12 bits per heavy atom. The molecule has 0 fully saturated rings. The van der Waals surface area contributed by atoms with Gasteiger partial charge in [0.05, 0.1) is 0 Å². The van der Waals surface area contributed by atoms with Crippen molar-refractivity contribution >= 4 is 23.1 Å². The molecule has 92 valence electrons. The summed E-state index contributed by atoms with van der Waals surface area (Å²) in [5.74, 6) is 0.985. The van der Waals surface area contributed by atoms with Crippen LogP contribution in [0.15, 0.2) is 22.7 Å². The molecule has 0 aliphatic rings. The van der Waals surface area contributed by atoms with Crippen molar-refractivity contribution in [2.45, 2.75) is 11.6 Å². The maximum atomic E-state index is 3.91. The van der Waals surface area contributed by atoms with Crippen LogP contribution < -0.4 is 5.32 Å². The highest BCUT2D eigenvalue weighted by Crippen LogP contribution is 2.11. The van der Waals surface area contributed by atoms with Crippen molar-refractivity contribution in [3.63, 3.8) is 0 Å². The number of thioether (sulfide) groups is 1. The molecule has 0 aliphatic carbocycles. The number of hydrogen-bond donors (Lipinski definition) is 1. The van der Waals surface area contributed by atoms with Crippen LogP contribution >= 0.6 is 23.1 Å². The Balaban J connectivity index is 1.54. The van der Waals surface area contributed by atoms with Gasteiger partial charge in [-0.2, -0.15) is 0 Å². The molecule has 17 heavy (non-hydrogen) atoms. The van der Waals surface area contributed by atoms with Crippen LogP contribution in [0.4, 0.5) is 0 Å². The van der Waals surface area contributed by atoms with E-state index in [1.807, 2.05) is 18.4 Å². The van der Waals surface area contributed by atoms with E-state index in [-0.39, 0.29) is 0 Å². The van der Waals surface area contributed by atoms with Crippen LogP contribution in [0.2, 0.25) is 0 Å². The summed E-state index contributed by atoms with van der Waals surface area (Å²) in [6, 6.07) is 4.27. The molecule has 2 aromatic rings. The van der Waals surface area contributed by atoms with E-state index in [4.69, 9.17) is 0 Å². The van der Waals surface area contributed by atoms with Crippen molar-refractivity contribution in [2.75, 3.05) is 18.8 Å². The third-order valence-electron chi connectivity index (χ3n) is 2.22. The average Bonchev–Trinajstić information content (AvgIpc) is 2.95. The Bertz CT molecular complexity index is 426. The molecule has 5 nitrogen and oxygen atoms in total. The van der Waals surface area contributed by atoms with Gasteiger partial charge in [-0.3, -0.25) is 0 Å². The molecule has 2 rings (SSSR count). The first-order chi connectivity index (χ1) is 8.36. The molecule has 2 heterocycles. The van der Waals surface area contributed by atoms with Crippen molar-refractivity contribution in [1.82, 2.24) is 25.5 Å². The van der Waals surface area contributed by atoms with E-state index in [1.165, 1.54) is 4.88 Å². The van der Waals surface area contributed by atoms with Crippen molar-refractivity contribution in [2.24, 2.45) is 7.05 Å². The zero-order chi connectivity index (χ0) is 11.9. The number of aromatic nitrogens is 4. The van der Waals surface area contributed by atoms with Crippen LogP contribution in [-0.4, -0.2) is 39.0 Å². The van der Waals surface area contributed by atoms with Gasteiger partial charge in [0.2, 0.25) is 5.16 Å². The highest BCUT2D eigenvalue weighted by Gasteiger charge is 2.01. The van der Waals surface area contributed by atoms with Crippen LogP contribution in [0.1, 0.15) is 4.88 Å². The van der Waals surface area contributed by atoms with Gasteiger partial charge < -0.3 is 5.32 Å². The van der Waals surface area contributed by atoms with Gasteiger partial charge in [0.1, 0.15) is 0 Å². The number of rotatable bonds is 7. The van der Waals surface area contributed by atoms with E-state index >= 15 is 0 Å². The molecule has 0 radical (unpaired) electrons. The standard InChI is InChI=1S/C10H15N5S2/c1-15-10(12-13-14-15)17-8-6-11-5-4-9-3-2-7-16-9/h2-3,7,11H,4-6,8H2,1H3. The maximum absolute atomic E-state index is 3.91. The minimum absolute atomic E-state index is 0.866. The fraction of sp³-hybridized carbons (Fsp3) is 0.500. The monoisotopic (exact) mass is 269 g/mol. The molecule has 2 aromatic heterocycles. The van der Waals surface area contributed by atoms with Gasteiger partial charge in [-0.15, -0.1) is 16.4 Å². The summed E-state index contributed by atoms with van der Waals surface area (Å²) in [6.45, 7) is 2.00. The second-order valence-corrected chi connectivity index (χ2v) is 5.61. The summed E-state index contributed by atoms with van der Waals surface area (Å²) in [4.78, 5) is 1.43. The normalized spacial score (nSPS) is 10.9. The lowest BCUT2D eigenvalue weighted by Crippen LogP contribution is -2.19. The first-order valence-corrected chi connectivity index (χ1v) is 7.31. The molecule has 1 N–H and O–H groups in total. The maximum Gasteiger partial charge on any atom is 0.209 e. The Morgan fingerprint density at radius 2 is 2.41 bits per heavy atom. The molecule has 0 amide bonds. The van der Waals surface area contributed by atoms with E-state index in [2.05, 4.69) is 38.4 Å². The van der Waals surface area contributed by atoms with E-state index < -0.39 is 0 Å². The molecule has 0 aromatic carbocycles. The van der Waals surface area contributed by atoms with E-state index in [0.29, 0.717) is 0 Å². The number of nitrogens with zero attached hydrogens (tertiary/aromatic N) is 4. The molecule has 0 saturated heterocycles. The summed E-state index contributed by atoms with van der Waals surface area (Å²) >= 11 is 3.48. The summed E-state index contributed by atoms with van der Waals surface area (Å²) in [6.07, 6.45) is 1.11. The van der Waals surface area contributed by atoms with Crippen LogP contribution in [0, 0.1) is 0 Å². The average molecular weight is 269 g/mol. The Labute approximate surface area is 109 Å². The van der Waals surface area contributed by atoms with Gasteiger partial charge in [0, 0.05) is 24.2 Å². The Kier molecular flexibility index (Phi) is 4.96. The topological polar surface area (TPSA) is 55.6 Å². The van der Waals surface area contributed by atoms with E-state index in [0.717, 1.165) is 30.4 Å². The lowest BCUT2D eigenvalue weighted by molar-refractivity contribution is 0.663. The molecular formula is C10H15N5S2. The van der Waals surface area contributed by atoms with Crippen molar-refractivity contribution < 1.29 is 0 Å². The summed E-state index contributed by atoms with van der Waals surface area (Å²) < 4.78 is 1.69. The minimum Gasteiger partial charge on any atom is -0.316 e. The molecule has 7 heteroatoms.